The third-order valence-electron chi connectivity index (χ3n) is 3.09. The Labute approximate surface area is 139 Å². The van der Waals surface area contributed by atoms with Crippen LogP contribution in [0.2, 0.25) is 0 Å². The Balaban J connectivity index is 2.52. The van der Waals surface area contributed by atoms with Gasteiger partial charge in [-0.1, -0.05) is 6.07 Å². The third-order valence-corrected chi connectivity index (χ3v) is 3.09. The lowest BCUT2D eigenvalue weighted by atomic mass is 10.2. The minimum absolute atomic E-state index is 0.289. The second-order valence-electron chi connectivity index (χ2n) is 6.51. The highest BCUT2D eigenvalue weighted by Gasteiger charge is 2.22. The van der Waals surface area contributed by atoms with Gasteiger partial charge in [-0.05, 0) is 64.9 Å². The molecule has 0 aliphatic heterocycles. The number of nitrogens with one attached hydrogen (secondary N) is 1. The summed E-state index contributed by atoms with van der Waals surface area (Å²) in [5.74, 6) is 0. The summed E-state index contributed by atoms with van der Waals surface area (Å²) in [6, 6.07) is 3.83. The minimum Gasteiger partial charge on any atom is -0.444 e. The Hall–Kier alpha value is -1.66. The molecule has 0 unspecified atom stereocenters. The first-order chi connectivity index (χ1) is 10.9. The highest BCUT2D eigenvalue weighted by molar-refractivity contribution is 5.68. The first-order valence-electron chi connectivity index (χ1n) is 8.20. The molecule has 23 heavy (non-hydrogen) atoms. The number of hydrogen-bond donors (Lipinski definition) is 2. The second kappa shape index (κ2) is 10.2. The molecule has 0 radical (unpaired) electrons. The molecule has 0 fully saturated rings. The van der Waals surface area contributed by atoms with Crippen molar-refractivity contribution in [1.29, 1.82) is 0 Å². The van der Waals surface area contributed by atoms with Crippen LogP contribution in [0.5, 0.6) is 0 Å². The molecule has 3 N–H and O–H groups in total. The van der Waals surface area contributed by atoms with Gasteiger partial charge in [-0.2, -0.15) is 0 Å². The molecule has 0 bridgehead atoms. The summed E-state index contributed by atoms with van der Waals surface area (Å²) in [7, 11) is 0. The maximum absolute atomic E-state index is 12.4. The van der Waals surface area contributed by atoms with Crippen molar-refractivity contribution in [3.63, 3.8) is 0 Å². The van der Waals surface area contributed by atoms with Gasteiger partial charge in [0, 0.05) is 18.9 Å². The molecule has 1 rings (SSSR count). The van der Waals surface area contributed by atoms with E-state index in [4.69, 9.17) is 10.5 Å². The number of hydrogen-bond acceptors (Lipinski definition) is 5. The fourth-order valence-corrected chi connectivity index (χ4v) is 2.02. The Morgan fingerprint density at radius 2 is 2.09 bits per heavy atom. The number of carbonyl (C=O) groups excluding carboxylic acids is 1. The van der Waals surface area contributed by atoms with Crippen LogP contribution >= 0.6 is 0 Å². The quantitative estimate of drug-likeness (QED) is 0.681. The molecular weight excluding hydrogens is 292 g/mol. The Morgan fingerprint density at radius 1 is 1.35 bits per heavy atom. The number of aromatic nitrogens is 1. The number of nitrogens with zero attached hydrogens (tertiary/aromatic N) is 2. The zero-order valence-corrected chi connectivity index (χ0v) is 14.5. The minimum atomic E-state index is -0.496. The van der Waals surface area contributed by atoms with Gasteiger partial charge >= 0.3 is 6.09 Å². The van der Waals surface area contributed by atoms with Crippen LogP contribution < -0.4 is 11.1 Å². The lowest BCUT2D eigenvalue weighted by molar-refractivity contribution is 0.0231. The first-order valence-corrected chi connectivity index (χ1v) is 8.20. The smallest absolute Gasteiger partial charge is 0.410 e. The van der Waals surface area contributed by atoms with E-state index in [2.05, 4.69) is 10.3 Å². The van der Waals surface area contributed by atoms with Crippen molar-refractivity contribution >= 4 is 6.09 Å². The molecular formula is C17H30N4O2. The molecule has 6 heteroatoms. The van der Waals surface area contributed by atoms with Crippen molar-refractivity contribution in [2.24, 2.45) is 5.73 Å². The van der Waals surface area contributed by atoms with Gasteiger partial charge < -0.3 is 20.7 Å². The van der Waals surface area contributed by atoms with E-state index < -0.39 is 5.60 Å². The highest BCUT2D eigenvalue weighted by atomic mass is 16.6. The van der Waals surface area contributed by atoms with Crippen LogP contribution in [0, 0.1) is 0 Å². The van der Waals surface area contributed by atoms with Crippen molar-refractivity contribution in [1.82, 2.24) is 15.2 Å². The SMILES string of the molecule is CC(C)(C)OC(=O)N(CCCNCCCN)Cc1cccnc1. The molecule has 1 heterocycles. The van der Waals surface area contributed by atoms with Gasteiger partial charge in [0.2, 0.25) is 0 Å². The fraction of sp³-hybridized carbons (Fsp3) is 0.647. The topological polar surface area (TPSA) is 80.5 Å². The van der Waals surface area contributed by atoms with E-state index in [-0.39, 0.29) is 6.09 Å². The average molecular weight is 322 g/mol. The molecule has 0 saturated carbocycles. The van der Waals surface area contributed by atoms with E-state index in [0.717, 1.165) is 31.5 Å². The average Bonchev–Trinajstić information content (AvgIpc) is 2.49. The molecule has 1 amide bonds. The molecule has 0 atom stereocenters. The fourth-order valence-electron chi connectivity index (χ4n) is 2.02. The van der Waals surface area contributed by atoms with Crippen LogP contribution in [0.1, 0.15) is 39.2 Å². The number of pyridine rings is 1. The zero-order valence-electron chi connectivity index (χ0n) is 14.5. The summed E-state index contributed by atoms with van der Waals surface area (Å²) in [6.07, 6.45) is 5.04. The maximum Gasteiger partial charge on any atom is 0.410 e. The number of amides is 1. The van der Waals surface area contributed by atoms with Gasteiger partial charge in [0.25, 0.3) is 0 Å². The van der Waals surface area contributed by atoms with E-state index in [1.165, 1.54) is 0 Å². The maximum atomic E-state index is 12.4. The summed E-state index contributed by atoms with van der Waals surface area (Å²) in [4.78, 5) is 18.2. The van der Waals surface area contributed by atoms with E-state index in [9.17, 15) is 4.79 Å². The molecule has 6 nitrogen and oxygen atoms in total. The lowest BCUT2D eigenvalue weighted by Gasteiger charge is -2.27. The van der Waals surface area contributed by atoms with Crippen molar-refractivity contribution < 1.29 is 9.53 Å². The molecule has 0 aliphatic rings. The first kappa shape index (κ1) is 19.4. The standard InChI is InChI=1S/C17H30N4O2/c1-17(2,3)23-16(22)21(12-6-11-19-10-5-8-18)14-15-7-4-9-20-13-15/h4,7,9,13,19H,5-6,8,10-12,14,18H2,1-3H3. The summed E-state index contributed by atoms with van der Waals surface area (Å²) >= 11 is 0. The van der Waals surface area contributed by atoms with Crippen LogP contribution in [-0.4, -0.2) is 47.8 Å². The van der Waals surface area contributed by atoms with Crippen molar-refractivity contribution in [3.05, 3.63) is 30.1 Å². The monoisotopic (exact) mass is 322 g/mol. The van der Waals surface area contributed by atoms with Crippen LogP contribution in [0.15, 0.2) is 24.5 Å². The van der Waals surface area contributed by atoms with Gasteiger partial charge in [-0.15, -0.1) is 0 Å². The van der Waals surface area contributed by atoms with Gasteiger partial charge in [-0.25, -0.2) is 4.79 Å². The van der Waals surface area contributed by atoms with Gasteiger partial charge in [0.05, 0.1) is 6.54 Å². The number of nitrogens with two attached hydrogens (primary N) is 1. The Kier molecular flexibility index (Phi) is 8.58. The molecule has 1 aromatic rings. The van der Waals surface area contributed by atoms with Crippen molar-refractivity contribution in [3.8, 4) is 0 Å². The molecule has 0 spiro atoms. The predicted molar refractivity (Wildman–Crippen MR) is 92.0 cm³/mol. The zero-order chi connectivity index (χ0) is 17.1. The summed E-state index contributed by atoms with van der Waals surface area (Å²) in [5, 5.41) is 3.32. The number of ether oxygens (including phenoxy) is 1. The molecule has 1 aromatic heterocycles. The van der Waals surface area contributed by atoms with Gasteiger partial charge in [-0.3, -0.25) is 4.98 Å². The largest absolute Gasteiger partial charge is 0.444 e. The Morgan fingerprint density at radius 3 is 2.70 bits per heavy atom. The molecule has 0 aromatic carbocycles. The summed E-state index contributed by atoms with van der Waals surface area (Å²) in [6.45, 7) is 9.23. The number of carbonyl (C=O) groups is 1. The second-order valence-corrected chi connectivity index (χ2v) is 6.51. The van der Waals surface area contributed by atoms with Crippen LogP contribution in [0.4, 0.5) is 4.79 Å². The summed E-state index contributed by atoms with van der Waals surface area (Å²) < 4.78 is 5.50. The highest BCUT2D eigenvalue weighted by Crippen LogP contribution is 2.12. The van der Waals surface area contributed by atoms with E-state index in [1.807, 2.05) is 32.9 Å². The summed E-state index contributed by atoms with van der Waals surface area (Å²) in [5.41, 5.74) is 5.96. The third kappa shape index (κ3) is 9.15. The van der Waals surface area contributed by atoms with E-state index in [1.54, 1.807) is 17.3 Å². The van der Waals surface area contributed by atoms with E-state index >= 15 is 0 Å². The number of rotatable bonds is 9. The van der Waals surface area contributed by atoms with Crippen molar-refractivity contribution in [2.75, 3.05) is 26.2 Å². The van der Waals surface area contributed by atoms with E-state index in [0.29, 0.717) is 19.6 Å². The predicted octanol–water partition coefficient (Wildman–Crippen LogP) is 2.15. The normalized spacial score (nSPS) is 11.3. The Bertz CT molecular complexity index is 446. The molecule has 0 aliphatic carbocycles. The molecule has 130 valence electrons. The lowest BCUT2D eigenvalue weighted by Crippen LogP contribution is -2.38. The molecule has 0 saturated heterocycles. The van der Waals surface area contributed by atoms with Gasteiger partial charge in [0.15, 0.2) is 0 Å². The van der Waals surface area contributed by atoms with Crippen molar-refractivity contribution in [2.45, 2.75) is 45.8 Å². The van der Waals surface area contributed by atoms with Crippen LogP contribution in [-0.2, 0) is 11.3 Å². The van der Waals surface area contributed by atoms with Crippen LogP contribution in [0.3, 0.4) is 0 Å². The van der Waals surface area contributed by atoms with Gasteiger partial charge in [0.1, 0.15) is 5.60 Å². The van der Waals surface area contributed by atoms with Crippen LogP contribution in [0.25, 0.3) is 0 Å².